The van der Waals surface area contributed by atoms with Crippen molar-refractivity contribution in [3.05, 3.63) is 24.3 Å². The molecule has 0 unspecified atom stereocenters. The van der Waals surface area contributed by atoms with Gasteiger partial charge in [0, 0.05) is 19.3 Å². The van der Waals surface area contributed by atoms with Crippen molar-refractivity contribution in [3.8, 4) is 0 Å². The van der Waals surface area contributed by atoms with Gasteiger partial charge < -0.3 is 14.9 Å². The van der Waals surface area contributed by atoms with E-state index in [4.69, 9.17) is 9.84 Å². The van der Waals surface area contributed by atoms with Crippen molar-refractivity contribution >= 4 is 9.84 Å². The van der Waals surface area contributed by atoms with Crippen LogP contribution in [0.3, 0.4) is 0 Å². The third-order valence-electron chi connectivity index (χ3n) is 4.23. The van der Waals surface area contributed by atoms with E-state index in [0.717, 1.165) is 37.5 Å². The van der Waals surface area contributed by atoms with E-state index in [-0.39, 0.29) is 31.0 Å². The molecule has 0 radical (unpaired) electrons. The fourth-order valence-electron chi connectivity index (χ4n) is 3.31. The molecule has 0 spiro atoms. The molecule has 2 N–H and O–H groups in total. The zero-order chi connectivity index (χ0) is 18.3. The lowest BCUT2D eigenvalue weighted by molar-refractivity contribution is -0.0606. The van der Waals surface area contributed by atoms with Crippen LogP contribution >= 0.6 is 0 Å². The predicted molar refractivity (Wildman–Crippen MR) is 96.6 cm³/mol. The molecular weight excluding hydrogens is 328 g/mol. The molecule has 4 atom stereocenters. The summed E-state index contributed by atoms with van der Waals surface area (Å²) in [6, 6.07) is 0. The fraction of sp³-hybridized carbons (Fsp3) is 0.778. The van der Waals surface area contributed by atoms with Crippen molar-refractivity contribution in [2.24, 2.45) is 5.92 Å². The van der Waals surface area contributed by atoms with E-state index in [1.165, 1.54) is 0 Å². The molecule has 0 amide bonds. The Morgan fingerprint density at radius 3 is 2.46 bits per heavy atom. The van der Waals surface area contributed by atoms with E-state index in [1.807, 2.05) is 0 Å². The van der Waals surface area contributed by atoms with Gasteiger partial charge in [-0.3, -0.25) is 0 Å². The highest BCUT2D eigenvalue weighted by Crippen LogP contribution is 2.30. The lowest BCUT2D eigenvalue weighted by Gasteiger charge is -2.34. The molecule has 0 aliphatic carbocycles. The molecule has 5 nitrogen and oxygen atoms in total. The Morgan fingerprint density at radius 1 is 1.33 bits per heavy atom. The normalized spacial score (nSPS) is 24.6. The fourth-order valence-corrected chi connectivity index (χ4v) is 4.17. The Bertz CT molecular complexity index is 526. The number of hydrogen-bond acceptors (Lipinski definition) is 5. The first-order valence-electron chi connectivity index (χ1n) is 8.54. The van der Waals surface area contributed by atoms with Crippen LogP contribution in [0.2, 0.25) is 0 Å². The van der Waals surface area contributed by atoms with Gasteiger partial charge in [-0.15, -0.1) is 0 Å². The van der Waals surface area contributed by atoms with Gasteiger partial charge in [0.05, 0.1) is 24.1 Å². The second-order valence-corrected chi connectivity index (χ2v) is 9.45. The van der Waals surface area contributed by atoms with E-state index in [9.17, 15) is 13.5 Å². The molecule has 1 aliphatic rings. The minimum atomic E-state index is -3.12. The Labute approximate surface area is 146 Å². The molecule has 1 fully saturated rings. The Morgan fingerprint density at radius 2 is 1.92 bits per heavy atom. The summed E-state index contributed by atoms with van der Waals surface area (Å²) in [5, 5.41) is 19.2. The van der Waals surface area contributed by atoms with E-state index in [2.05, 4.69) is 20.1 Å². The monoisotopic (exact) mass is 360 g/mol. The van der Waals surface area contributed by atoms with Gasteiger partial charge in [0.15, 0.2) is 9.84 Å². The third kappa shape index (κ3) is 8.97. The first kappa shape index (κ1) is 21.4. The van der Waals surface area contributed by atoms with Crippen LogP contribution in [0.25, 0.3) is 0 Å². The highest BCUT2D eigenvalue weighted by molar-refractivity contribution is 7.90. The summed E-state index contributed by atoms with van der Waals surface area (Å²) in [6.07, 6.45) is 4.37. The van der Waals surface area contributed by atoms with E-state index in [0.29, 0.717) is 17.9 Å². The lowest BCUT2D eigenvalue weighted by Crippen LogP contribution is -2.33. The number of sulfone groups is 1. The van der Waals surface area contributed by atoms with Gasteiger partial charge in [0.25, 0.3) is 0 Å². The van der Waals surface area contributed by atoms with Gasteiger partial charge in [0.2, 0.25) is 0 Å². The molecule has 0 aromatic heterocycles. The second kappa shape index (κ2) is 9.70. The Kier molecular flexibility index (Phi) is 8.63. The van der Waals surface area contributed by atoms with Crippen molar-refractivity contribution in [2.75, 3.05) is 18.6 Å². The highest BCUT2D eigenvalue weighted by Gasteiger charge is 2.27. The van der Waals surface area contributed by atoms with Gasteiger partial charge in [-0.05, 0) is 38.0 Å². The van der Waals surface area contributed by atoms with Gasteiger partial charge in [-0.2, -0.15) is 0 Å². The highest BCUT2D eigenvalue weighted by atomic mass is 32.2. The standard InChI is InChI=1S/C18H32O5S/c1-13(5-6-19)8-17-9-14(2)10-18(23-17)11-16(20)7-15(3)12-24(4,21)22/h13,16-20H,2-3,5-12H2,1,4H3/t13-,16-,17+,18+/m0/s1. The topological polar surface area (TPSA) is 83.8 Å². The van der Waals surface area contributed by atoms with Crippen LogP contribution in [0.5, 0.6) is 0 Å². The maximum atomic E-state index is 11.3. The smallest absolute Gasteiger partial charge is 0.151 e. The zero-order valence-electron chi connectivity index (χ0n) is 14.9. The molecular formula is C18H32O5S. The maximum absolute atomic E-state index is 11.3. The van der Waals surface area contributed by atoms with Crippen molar-refractivity contribution in [2.45, 2.75) is 63.8 Å². The molecule has 6 heteroatoms. The first-order valence-corrected chi connectivity index (χ1v) is 10.6. The van der Waals surface area contributed by atoms with Crippen LogP contribution in [0.1, 0.15) is 45.4 Å². The van der Waals surface area contributed by atoms with E-state index in [1.54, 1.807) is 0 Å². The van der Waals surface area contributed by atoms with Gasteiger partial charge in [0.1, 0.15) is 0 Å². The van der Waals surface area contributed by atoms with Gasteiger partial charge >= 0.3 is 0 Å². The molecule has 0 aromatic rings. The van der Waals surface area contributed by atoms with Crippen LogP contribution in [0.15, 0.2) is 24.3 Å². The molecule has 1 saturated heterocycles. The first-order chi connectivity index (χ1) is 11.1. The second-order valence-electron chi connectivity index (χ2n) is 7.31. The molecule has 24 heavy (non-hydrogen) atoms. The summed E-state index contributed by atoms with van der Waals surface area (Å²) < 4.78 is 28.6. The molecule has 0 saturated carbocycles. The average molecular weight is 361 g/mol. The van der Waals surface area contributed by atoms with Gasteiger partial charge in [-0.1, -0.05) is 31.2 Å². The van der Waals surface area contributed by atoms with Crippen LogP contribution in [-0.2, 0) is 14.6 Å². The lowest BCUT2D eigenvalue weighted by atomic mass is 9.90. The molecule has 0 aromatic carbocycles. The number of aliphatic hydroxyl groups is 2. The quantitative estimate of drug-likeness (QED) is 0.584. The predicted octanol–water partition coefficient (Wildman–Crippen LogP) is 2.24. The van der Waals surface area contributed by atoms with Crippen LogP contribution < -0.4 is 0 Å². The van der Waals surface area contributed by atoms with Crippen molar-refractivity contribution in [1.29, 1.82) is 0 Å². The number of ether oxygens (including phenoxy) is 1. The average Bonchev–Trinajstić information content (AvgIpc) is 2.34. The van der Waals surface area contributed by atoms with Crippen molar-refractivity contribution in [3.63, 3.8) is 0 Å². The van der Waals surface area contributed by atoms with E-state index < -0.39 is 15.9 Å². The van der Waals surface area contributed by atoms with Crippen molar-refractivity contribution in [1.82, 2.24) is 0 Å². The number of hydrogen-bond donors (Lipinski definition) is 2. The molecule has 1 rings (SSSR count). The summed E-state index contributed by atoms with van der Waals surface area (Å²) in [7, 11) is -3.12. The molecule has 0 bridgehead atoms. The summed E-state index contributed by atoms with van der Waals surface area (Å²) >= 11 is 0. The summed E-state index contributed by atoms with van der Waals surface area (Å²) in [5.41, 5.74) is 1.64. The van der Waals surface area contributed by atoms with Crippen LogP contribution in [-0.4, -0.2) is 55.6 Å². The van der Waals surface area contributed by atoms with Crippen LogP contribution in [0.4, 0.5) is 0 Å². The molecule has 140 valence electrons. The molecule has 1 aliphatic heterocycles. The Balaban J connectivity index is 2.47. The number of rotatable bonds is 10. The van der Waals surface area contributed by atoms with Crippen LogP contribution in [0, 0.1) is 5.92 Å². The SMILES string of the molecule is C=C1C[C@H](C[C@@H](O)CC(=C)CS(C)(=O)=O)O[C@H](C[C@@H](C)CCO)C1. The minimum absolute atomic E-state index is 0.0734. The summed E-state index contributed by atoms with van der Waals surface area (Å²) in [4.78, 5) is 0. The summed E-state index contributed by atoms with van der Waals surface area (Å²) in [6.45, 7) is 10.1. The summed E-state index contributed by atoms with van der Waals surface area (Å²) in [5.74, 6) is 0.287. The van der Waals surface area contributed by atoms with E-state index >= 15 is 0 Å². The largest absolute Gasteiger partial charge is 0.396 e. The van der Waals surface area contributed by atoms with Crippen molar-refractivity contribution < 1.29 is 23.4 Å². The maximum Gasteiger partial charge on any atom is 0.151 e. The Hall–Kier alpha value is -0.690. The minimum Gasteiger partial charge on any atom is -0.396 e. The molecule has 1 heterocycles. The third-order valence-corrected chi connectivity index (χ3v) is 5.16. The zero-order valence-corrected chi connectivity index (χ0v) is 15.7. The van der Waals surface area contributed by atoms with Gasteiger partial charge in [-0.25, -0.2) is 8.42 Å². The number of aliphatic hydroxyl groups excluding tert-OH is 2.